The van der Waals surface area contributed by atoms with Gasteiger partial charge in [0.25, 0.3) is 0 Å². The minimum atomic E-state index is 0.726. The van der Waals surface area contributed by atoms with Gasteiger partial charge in [0.05, 0.1) is 27.1 Å². The van der Waals surface area contributed by atoms with Crippen LogP contribution in [0.3, 0.4) is 0 Å². The first-order valence-corrected chi connectivity index (χ1v) is 14.2. The maximum atomic E-state index is 5.01. The summed E-state index contributed by atoms with van der Waals surface area (Å²) in [5.74, 6) is 0.726. The van der Waals surface area contributed by atoms with Crippen molar-refractivity contribution in [3.8, 4) is 39.6 Å². The Morgan fingerprint density at radius 2 is 1.07 bits per heavy atom. The Hall–Kier alpha value is -5.06. The normalized spacial score (nSPS) is 11.5. The number of para-hydroxylation sites is 1. The molecule has 0 saturated carbocycles. The Bertz CT molecular complexity index is 2080. The van der Waals surface area contributed by atoms with Crippen LogP contribution in [0.4, 0.5) is 0 Å². The lowest BCUT2D eigenvalue weighted by Crippen LogP contribution is -1.97. The first-order valence-electron chi connectivity index (χ1n) is 13.3. The summed E-state index contributed by atoms with van der Waals surface area (Å²) in [6.45, 7) is 0. The van der Waals surface area contributed by atoms with E-state index in [1.165, 1.54) is 31.2 Å². The van der Waals surface area contributed by atoms with Crippen LogP contribution < -0.4 is 0 Å². The topological polar surface area (TPSA) is 30.7 Å². The van der Waals surface area contributed by atoms with E-state index in [-0.39, 0.29) is 0 Å². The standard InChI is InChI=1S/C36H23N3S/c1-3-11-24(12-4-1)30-23-31(38-36(37-30)26-13-5-2-6-14-26)25-19-21-27(22-20-25)39-32-17-9-7-15-28(32)35-34(39)29-16-8-10-18-33(29)40-35/h1-23H. The molecule has 0 fully saturated rings. The highest BCUT2D eigenvalue weighted by atomic mass is 32.1. The number of fused-ring (bicyclic) bond motifs is 5. The molecule has 4 heteroatoms. The second-order valence-electron chi connectivity index (χ2n) is 9.87. The quantitative estimate of drug-likeness (QED) is 0.227. The van der Waals surface area contributed by atoms with Crippen LogP contribution in [0.25, 0.3) is 70.8 Å². The summed E-state index contributed by atoms with van der Waals surface area (Å²) in [6.07, 6.45) is 0. The highest BCUT2D eigenvalue weighted by Gasteiger charge is 2.17. The third kappa shape index (κ3) is 3.73. The molecule has 40 heavy (non-hydrogen) atoms. The molecular formula is C36H23N3S. The van der Waals surface area contributed by atoms with Gasteiger partial charge in [-0.1, -0.05) is 109 Å². The number of aromatic nitrogens is 3. The van der Waals surface area contributed by atoms with Crippen LogP contribution in [0.5, 0.6) is 0 Å². The fourth-order valence-corrected chi connectivity index (χ4v) is 6.76. The summed E-state index contributed by atoms with van der Waals surface area (Å²) in [5.41, 5.74) is 8.59. The predicted molar refractivity (Wildman–Crippen MR) is 168 cm³/mol. The summed E-state index contributed by atoms with van der Waals surface area (Å²) in [4.78, 5) is 9.94. The van der Waals surface area contributed by atoms with Gasteiger partial charge in [-0.3, -0.25) is 0 Å². The van der Waals surface area contributed by atoms with Crippen molar-refractivity contribution in [1.82, 2.24) is 14.5 Å². The van der Waals surface area contributed by atoms with Crippen LogP contribution in [0.2, 0.25) is 0 Å². The molecule has 188 valence electrons. The fourth-order valence-electron chi connectivity index (χ4n) is 5.54. The Morgan fingerprint density at radius 1 is 0.500 bits per heavy atom. The number of nitrogens with zero attached hydrogens (tertiary/aromatic N) is 3. The Kier molecular flexibility index (Phi) is 5.32. The van der Waals surface area contributed by atoms with Crippen LogP contribution in [-0.2, 0) is 0 Å². The lowest BCUT2D eigenvalue weighted by Gasteiger charge is -2.11. The number of benzene rings is 5. The zero-order chi connectivity index (χ0) is 26.5. The second kappa shape index (κ2) is 9.30. The summed E-state index contributed by atoms with van der Waals surface area (Å²) in [7, 11) is 0. The van der Waals surface area contributed by atoms with Gasteiger partial charge in [-0.15, -0.1) is 11.3 Å². The Morgan fingerprint density at radius 3 is 1.80 bits per heavy atom. The molecule has 0 amide bonds. The molecule has 0 unspecified atom stereocenters. The average molecular weight is 530 g/mol. The smallest absolute Gasteiger partial charge is 0.160 e. The summed E-state index contributed by atoms with van der Waals surface area (Å²) < 4.78 is 5.04. The number of hydrogen-bond acceptors (Lipinski definition) is 3. The highest BCUT2D eigenvalue weighted by molar-refractivity contribution is 7.26. The van der Waals surface area contributed by atoms with E-state index in [1.807, 2.05) is 47.7 Å². The van der Waals surface area contributed by atoms with Crippen molar-refractivity contribution in [1.29, 1.82) is 0 Å². The third-order valence-corrected chi connectivity index (χ3v) is 8.62. The van der Waals surface area contributed by atoms with E-state index in [0.717, 1.165) is 39.6 Å². The van der Waals surface area contributed by atoms with Crippen molar-refractivity contribution >= 4 is 42.5 Å². The molecule has 0 N–H and O–H groups in total. The van der Waals surface area contributed by atoms with Crippen LogP contribution >= 0.6 is 11.3 Å². The fraction of sp³-hybridized carbons (Fsp3) is 0. The molecule has 0 bridgehead atoms. The molecular weight excluding hydrogens is 506 g/mol. The van der Waals surface area contributed by atoms with E-state index >= 15 is 0 Å². The Balaban J connectivity index is 1.29. The second-order valence-corrected chi connectivity index (χ2v) is 10.9. The Labute approximate surface area is 235 Å². The van der Waals surface area contributed by atoms with Crippen LogP contribution in [0.1, 0.15) is 0 Å². The van der Waals surface area contributed by atoms with E-state index in [2.05, 4.69) is 108 Å². The minimum absolute atomic E-state index is 0.726. The molecule has 5 aromatic carbocycles. The molecule has 0 aliphatic carbocycles. The number of rotatable bonds is 4. The van der Waals surface area contributed by atoms with Crippen LogP contribution in [-0.4, -0.2) is 14.5 Å². The first kappa shape index (κ1) is 22.9. The lowest BCUT2D eigenvalue weighted by molar-refractivity contribution is 1.17. The van der Waals surface area contributed by atoms with Gasteiger partial charge in [-0.2, -0.15) is 0 Å². The van der Waals surface area contributed by atoms with Gasteiger partial charge in [0.1, 0.15) is 0 Å². The number of thiophene rings is 1. The largest absolute Gasteiger partial charge is 0.308 e. The van der Waals surface area contributed by atoms with Crippen LogP contribution in [0.15, 0.2) is 140 Å². The van der Waals surface area contributed by atoms with E-state index in [4.69, 9.17) is 9.97 Å². The summed E-state index contributed by atoms with van der Waals surface area (Å²) >= 11 is 1.87. The van der Waals surface area contributed by atoms with E-state index in [0.29, 0.717) is 0 Å². The van der Waals surface area contributed by atoms with E-state index < -0.39 is 0 Å². The summed E-state index contributed by atoms with van der Waals surface area (Å²) in [5, 5.41) is 2.58. The molecule has 0 atom stereocenters. The molecule has 0 aliphatic heterocycles. The maximum Gasteiger partial charge on any atom is 0.160 e. The molecule has 3 nitrogen and oxygen atoms in total. The molecule has 0 spiro atoms. The van der Waals surface area contributed by atoms with Gasteiger partial charge in [0.2, 0.25) is 0 Å². The maximum absolute atomic E-state index is 5.01. The van der Waals surface area contributed by atoms with Gasteiger partial charge in [0, 0.05) is 37.9 Å². The minimum Gasteiger partial charge on any atom is -0.308 e. The van der Waals surface area contributed by atoms with E-state index in [9.17, 15) is 0 Å². The SMILES string of the molecule is c1ccc(-c2cc(-c3ccc(-n4c5ccccc5c5sc6ccccc6c54)cc3)nc(-c3ccccc3)n2)cc1. The molecule has 3 heterocycles. The van der Waals surface area contributed by atoms with Gasteiger partial charge >= 0.3 is 0 Å². The van der Waals surface area contributed by atoms with Crippen molar-refractivity contribution < 1.29 is 0 Å². The third-order valence-electron chi connectivity index (χ3n) is 7.43. The van der Waals surface area contributed by atoms with Gasteiger partial charge in [-0.05, 0) is 30.3 Å². The van der Waals surface area contributed by atoms with Crippen molar-refractivity contribution in [3.05, 3.63) is 140 Å². The highest BCUT2D eigenvalue weighted by Crippen LogP contribution is 2.42. The number of hydrogen-bond donors (Lipinski definition) is 0. The predicted octanol–water partition coefficient (Wildman–Crippen LogP) is 9.79. The molecule has 0 saturated heterocycles. The van der Waals surface area contributed by atoms with Gasteiger partial charge < -0.3 is 4.57 Å². The first-order chi connectivity index (χ1) is 19.8. The van der Waals surface area contributed by atoms with Crippen molar-refractivity contribution in [2.75, 3.05) is 0 Å². The average Bonchev–Trinajstić information content (AvgIpc) is 3.57. The molecule has 0 radical (unpaired) electrons. The van der Waals surface area contributed by atoms with Crippen molar-refractivity contribution in [3.63, 3.8) is 0 Å². The zero-order valence-corrected chi connectivity index (χ0v) is 22.3. The van der Waals surface area contributed by atoms with E-state index in [1.54, 1.807) is 0 Å². The molecule has 8 rings (SSSR count). The molecule has 3 aromatic heterocycles. The lowest BCUT2D eigenvalue weighted by atomic mass is 10.1. The van der Waals surface area contributed by atoms with Crippen molar-refractivity contribution in [2.24, 2.45) is 0 Å². The van der Waals surface area contributed by atoms with Crippen molar-refractivity contribution in [2.45, 2.75) is 0 Å². The summed E-state index contributed by atoms with van der Waals surface area (Å²) in [6, 6.07) is 48.7. The van der Waals surface area contributed by atoms with Gasteiger partial charge in [-0.25, -0.2) is 9.97 Å². The van der Waals surface area contributed by atoms with Gasteiger partial charge in [0.15, 0.2) is 5.82 Å². The molecule has 0 aliphatic rings. The monoisotopic (exact) mass is 529 g/mol. The zero-order valence-electron chi connectivity index (χ0n) is 21.5. The van der Waals surface area contributed by atoms with Crippen LogP contribution in [0, 0.1) is 0 Å². The molecule has 8 aromatic rings.